The van der Waals surface area contributed by atoms with Gasteiger partial charge in [-0.1, -0.05) is 6.42 Å². The Bertz CT molecular complexity index is 548. The predicted molar refractivity (Wildman–Crippen MR) is 91.3 cm³/mol. The number of hydrogen-bond donors (Lipinski definition) is 1. The van der Waals surface area contributed by atoms with Crippen molar-refractivity contribution in [3.05, 3.63) is 18.2 Å². The van der Waals surface area contributed by atoms with Crippen LogP contribution in [0.4, 0.5) is 0 Å². The standard InChI is InChI=1S/C18H27BO4/c1-17(2)18(3,4)23-19(22-17)13-10-14(20)12-16(11-13)21-15-8-6-5-7-9-15/h10-12,15,20H,5-9H2,1-4H3. The van der Waals surface area contributed by atoms with Gasteiger partial charge in [0.2, 0.25) is 0 Å². The molecule has 0 atom stereocenters. The van der Waals surface area contributed by atoms with Crippen molar-refractivity contribution in [2.45, 2.75) is 77.1 Å². The first-order valence-corrected chi connectivity index (χ1v) is 8.63. The second-order valence-corrected chi connectivity index (χ2v) is 7.73. The minimum Gasteiger partial charge on any atom is -0.508 e. The molecular formula is C18H27BO4. The van der Waals surface area contributed by atoms with Crippen molar-refractivity contribution in [3.63, 3.8) is 0 Å². The van der Waals surface area contributed by atoms with Crippen LogP contribution in [0.2, 0.25) is 0 Å². The highest BCUT2D eigenvalue weighted by molar-refractivity contribution is 6.62. The molecule has 1 saturated heterocycles. The maximum atomic E-state index is 10.1. The molecule has 1 heterocycles. The zero-order valence-corrected chi connectivity index (χ0v) is 14.6. The molecule has 3 rings (SSSR count). The SMILES string of the molecule is CC1(C)OB(c2cc(O)cc(OC3CCCCC3)c2)OC1(C)C. The van der Waals surface area contributed by atoms with Crippen LogP contribution in [0.1, 0.15) is 59.8 Å². The summed E-state index contributed by atoms with van der Waals surface area (Å²) in [5.74, 6) is 0.879. The van der Waals surface area contributed by atoms with E-state index < -0.39 is 18.3 Å². The van der Waals surface area contributed by atoms with E-state index in [1.54, 1.807) is 12.1 Å². The fourth-order valence-corrected chi connectivity index (χ4v) is 3.16. The summed E-state index contributed by atoms with van der Waals surface area (Å²) in [5, 5.41) is 10.1. The lowest BCUT2D eigenvalue weighted by Crippen LogP contribution is -2.41. The van der Waals surface area contributed by atoms with Crippen LogP contribution < -0.4 is 10.2 Å². The molecule has 0 radical (unpaired) electrons. The number of phenols is 1. The highest BCUT2D eigenvalue weighted by atomic mass is 16.7. The fourth-order valence-electron chi connectivity index (χ4n) is 3.16. The largest absolute Gasteiger partial charge is 0.508 e. The first-order valence-electron chi connectivity index (χ1n) is 8.63. The number of aromatic hydroxyl groups is 1. The Labute approximate surface area is 139 Å². The molecule has 1 aliphatic carbocycles. The molecule has 0 amide bonds. The topological polar surface area (TPSA) is 47.9 Å². The summed E-state index contributed by atoms with van der Waals surface area (Å²) < 4.78 is 18.2. The normalized spacial score (nSPS) is 23.9. The minimum atomic E-state index is -0.485. The second-order valence-electron chi connectivity index (χ2n) is 7.73. The first-order chi connectivity index (χ1) is 10.8. The molecule has 0 aromatic heterocycles. The fraction of sp³-hybridized carbons (Fsp3) is 0.667. The maximum Gasteiger partial charge on any atom is 0.495 e. The Morgan fingerprint density at radius 3 is 2.22 bits per heavy atom. The number of rotatable bonds is 3. The van der Waals surface area contributed by atoms with Crippen molar-refractivity contribution in [1.29, 1.82) is 0 Å². The molecule has 4 nitrogen and oxygen atoms in total. The van der Waals surface area contributed by atoms with E-state index >= 15 is 0 Å². The highest BCUT2D eigenvalue weighted by Gasteiger charge is 2.51. The minimum absolute atomic E-state index is 0.183. The molecule has 1 aromatic rings. The van der Waals surface area contributed by atoms with Crippen molar-refractivity contribution >= 4 is 12.6 Å². The lowest BCUT2D eigenvalue weighted by atomic mass is 9.79. The third kappa shape index (κ3) is 3.51. The Balaban J connectivity index is 1.78. The molecular weight excluding hydrogens is 291 g/mol. The Kier molecular flexibility index (Phi) is 4.36. The van der Waals surface area contributed by atoms with E-state index in [4.69, 9.17) is 14.0 Å². The third-order valence-corrected chi connectivity index (χ3v) is 5.29. The van der Waals surface area contributed by atoms with Crippen molar-refractivity contribution in [1.82, 2.24) is 0 Å². The van der Waals surface area contributed by atoms with Gasteiger partial charge >= 0.3 is 7.12 Å². The molecule has 0 spiro atoms. The van der Waals surface area contributed by atoms with E-state index in [1.165, 1.54) is 19.3 Å². The van der Waals surface area contributed by atoms with Crippen LogP contribution in [-0.4, -0.2) is 29.5 Å². The second kappa shape index (κ2) is 6.02. The number of hydrogen-bond acceptors (Lipinski definition) is 4. The molecule has 0 unspecified atom stereocenters. The van der Waals surface area contributed by atoms with Gasteiger partial charge in [0.15, 0.2) is 0 Å². The summed E-state index contributed by atoms with van der Waals surface area (Å²) in [6.07, 6.45) is 6.14. The van der Waals surface area contributed by atoms with Crippen LogP contribution in [0.15, 0.2) is 18.2 Å². The Morgan fingerprint density at radius 1 is 1.00 bits per heavy atom. The molecule has 2 aliphatic rings. The number of benzene rings is 1. The van der Waals surface area contributed by atoms with Crippen LogP contribution >= 0.6 is 0 Å². The molecule has 1 aliphatic heterocycles. The van der Waals surface area contributed by atoms with Crippen LogP contribution in [0.5, 0.6) is 11.5 Å². The van der Waals surface area contributed by atoms with Crippen LogP contribution in [0.3, 0.4) is 0 Å². The van der Waals surface area contributed by atoms with Gasteiger partial charge in [-0.3, -0.25) is 0 Å². The Morgan fingerprint density at radius 2 is 1.61 bits per heavy atom. The maximum absolute atomic E-state index is 10.1. The summed E-state index contributed by atoms with van der Waals surface area (Å²) in [5.41, 5.74) is 0.00979. The van der Waals surface area contributed by atoms with Gasteiger partial charge in [0, 0.05) is 6.07 Å². The summed E-state index contributed by atoms with van der Waals surface area (Å²) >= 11 is 0. The summed E-state index contributed by atoms with van der Waals surface area (Å²) in [4.78, 5) is 0. The van der Waals surface area contributed by atoms with E-state index in [1.807, 2.05) is 33.8 Å². The van der Waals surface area contributed by atoms with Crippen LogP contribution in [0, 0.1) is 0 Å². The van der Waals surface area contributed by atoms with Gasteiger partial charge in [-0.05, 0) is 71.0 Å². The zero-order chi connectivity index (χ0) is 16.7. The lowest BCUT2D eigenvalue weighted by Gasteiger charge is -2.32. The molecule has 126 valence electrons. The van der Waals surface area contributed by atoms with Crippen molar-refractivity contribution in [2.75, 3.05) is 0 Å². The van der Waals surface area contributed by atoms with Gasteiger partial charge in [-0.2, -0.15) is 0 Å². The first kappa shape index (κ1) is 16.7. The Hall–Kier alpha value is -1.20. The highest BCUT2D eigenvalue weighted by Crippen LogP contribution is 2.37. The van der Waals surface area contributed by atoms with E-state index in [0.29, 0.717) is 5.75 Å². The van der Waals surface area contributed by atoms with Crippen LogP contribution in [0.25, 0.3) is 0 Å². The molecule has 2 fully saturated rings. The molecule has 1 N–H and O–H groups in total. The van der Waals surface area contributed by atoms with Crippen LogP contribution in [-0.2, 0) is 9.31 Å². The number of ether oxygens (including phenoxy) is 1. The number of phenolic OH excluding ortho intramolecular Hbond substituents is 1. The average Bonchev–Trinajstić information content (AvgIpc) is 2.68. The van der Waals surface area contributed by atoms with E-state index in [9.17, 15) is 5.11 Å². The van der Waals surface area contributed by atoms with Gasteiger partial charge in [0.1, 0.15) is 11.5 Å². The van der Waals surface area contributed by atoms with E-state index in [2.05, 4.69) is 0 Å². The smallest absolute Gasteiger partial charge is 0.495 e. The summed E-state index contributed by atoms with van der Waals surface area (Å²) in [6.45, 7) is 8.09. The molecule has 0 bridgehead atoms. The van der Waals surface area contributed by atoms with Crippen molar-refractivity contribution < 1.29 is 19.2 Å². The molecule has 23 heavy (non-hydrogen) atoms. The molecule has 5 heteroatoms. The van der Waals surface area contributed by atoms with Gasteiger partial charge in [0.25, 0.3) is 0 Å². The van der Waals surface area contributed by atoms with Gasteiger partial charge < -0.3 is 19.2 Å². The summed E-state index contributed by atoms with van der Waals surface area (Å²) in [7, 11) is -0.485. The monoisotopic (exact) mass is 318 g/mol. The van der Waals surface area contributed by atoms with Gasteiger partial charge in [-0.15, -0.1) is 0 Å². The van der Waals surface area contributed by atoms with Gasteiger partial charge in [0.05, 0.1) is 17.3 Å². The predicted octanol–water partition coefficient (Wildman–Crippen LogP) is 3.40. The summed E-state index contributed by atoms with van der Waals surface area (Å²) in [6, 6.07) is 5.29. The van der Waals surface area contributed by atoms with Crippen molar-refractivity contribution in [3.8, 4) is 11.5 Å². The lowest BCUT2D eigenvalue weighted by molar-refractivity contribution is 0.00578. The quantitative estimate of drug-likeness (QED) is 0.868. The van der Waals surface area contributed by atoms with E-state index in [0.717, 1.165) is 18.3 Å². The molecule has 1 saturated carbocycles. The third-order valence-electron chi connectivity index (χ3n) is 5.29. The van der Waals surface area contributed by atoms with E-state index in [-0.39, 0.29) is 11.9 Å². The molecule has 1 aromatic carbocycles. The zero-order valence-electron chi connectivity index (χ0n) is 14.6. The average molecular weight is 318 g/mol. The van der Waals surface area contributed by atoms with Crippen molar-refractivity contribution in [2.24, 2.45) is 0 Å². The van der Waals surface area contributed by atoms with Gasteiger partial charge in [-0.25, -0.2) is 0 Å².